The summed E-state index contributed by atoms with van der Waals surface area (Å²) in [4.78, 5) is 17.8. The minimum absolute atomic E-state index is 0.0361. The maximum atomic E-state index is 12.0. The second-order valence-corrected chi connectivity index (χ2v) is 6.51. The average molecular weight is 365 g/mol. The Morgan fingerprint density at radius 3 is 2.62 bits per heavy atom. The molecule has 0 aliphatic rings. The zero-order chi connectivity index (χ0) is 18.7. The standard InChI is InChI=1S/C20H17ClN4O/c1-25(2)20(26)14-5-3-13(4-6-14)11-24-19-15(10-22)12-23-18-8-7-16(21)9-17(18)19/h3-9,12H,11H2,1-2H3,(H,23,24). The predicted molar refractivity (Wildman–Crippen MR) is 103 cm³/mol. The van der Waals surface area contributed by atoms with Gasteiger partial charge < -0.3 is 10.2 Å². The van der Waals surface area contributed by atoms with Crippen molar-refractivity contribution in [1.29, 1.82) is 5.26 Å². The normalized spacial score (nSPS) is 10.4. The number of rotatable bonds is 4. The summed E-state index contributed by atoms with van der Waals surface area (Å²) in [5.74, 6) is -0.0361. The van der Waals surface area contributed by atoms with E-state index in [4.69, 9.17) is 11.6 Å². The summed E-state index contributed by atoms with van der Waals surface area (Å²) >= 11 is 6.10. The maximum Gasteiger partial charge on any atom is 0.253 e. The molecule has 1 aromatic heterocycles. The number of nitriles is 1. The van der Waals surface area contributed by atoms with Crippen LogP contribution in [0.4, 0.5) is 5.69 Å². The molecule has 3 aromatic rings. The first-order valence-corrected chi connectivity index (χ1v) is 8.40. The van der Waals surface area contributed by atoms with Gasteiger partial charge in [-0.25, -0.2) is 0 Å². The van der Waals surface area contributed by atoms with E-state index in [-0.39, 0.29) is 5.91 Å². The molecule has 2 aromatic carbocycles. The van der Waals surface area contributed by atoms with E-state index in [0.717, 1.165) is 16.5 Å². The van der Waals surface area contributed by atoms with Gasteiger partial charge in [-0.05, 0) is 35.9 Å². The zero-order valence-corrected chi connectivity index (χ0v) is 15.2. The van der Waals surface area contributed by atoms with Crippen molar-refractivity contribution in [3.8, 4) is 6.07 Å². The van der Waals surface area contributed by atoms with Crippen molar-refractivity contribution < 1.29 is 4.79 Å². The Kier molecular flexibility index (Phi) is 5.06. The molecule has 0 aliphatic heterocycles. The van der Waals surface area contributed by atoms with Crippen LogP contribution in [0.5, 0.6) is 0 Å². The summed E-state index contributed by atoms with van der Waals surface area (Å²) in [6, 6.07) is 14.9. The molecule has 0 saturated carbocycles. The third-order valence-electron chi connectivity index (χ3n) is 4.03. The van der Waals surface area contributed by atoms with Gasteiger partial charge in [0, 0.05) is 42.8 Å². The summed E-state index contributed by atoms with van der Waals surface area (Å²) in [7, 11) is 3.45. The Bertz CT molecular complexity index is 1010. The molecular formula is C20H17ClN4O. The second kappa shape index (κ2) is 7.42. The van der Waals surface area contributed by atoms with Crippen LogP contribution in [0.25, 0.3) is 10.9 Å². The van der Waals surface area contributed by atoms with Crippen LogP contribution in [0.1, 0.15) is 21.5 Å². The van der Waals surface area contributed by atoms with Crippen LogP contribution in [-0.2, 0) is 6.54 Å². The summed E-state index contributed by atoms with van der Waals surface area (Å²) < 4.78 is 0. The number of benzene rings is 2. The van der Waals surface area contributed by atoms with Crippen LogP contribution in [0.15, 0.2) is 48.7 Å². The molecule has 1 amide bonds. The fourth-order valence-corrected chi connectivity index (χ4v) is 2.83. The van der Waals surface area contributed by atoms with Gasteiger partial charge in [0.05, 0.1) is 16.8 Å². The molecule has 0 bridgehead atoms. The maximum absolute atomic E-state index is 12.0. The minimum Gasteiger partial charge on any atom is -0.379 e. The molecule has 0 aliphatic carbocycles. The van der Waals surface area contributed by atoms with Crippen molar-refractivity contribution >= 4 is 34.1 Å². The Morgan fingerprint density at radius 1 is 1.23 bits per heavy atom. The Labute approximate surface area is 156 Å². The SMILES string of the molecule is CN(C)C(=O)c1ccc(CNc2c(C#N)cnc3ccc(Cl)cc23)cc1. The molecular weight excluding hydrogens is 348 g/mol. The van der Waals surface area contributed by atoms with Gasteiger partial charge in [-0.3, -0.25) is 9.78 Å². The van der Waals surface area contributed by atoms with Crippen molar-refractivity contribution in [2.75, 3.05) is 19.4 Å². The number of amides is 1. The number of carbonyl (C=O) groups excluding carboxylic acids is 1. The van der Waals surface area contributed by atoms with Crippen molar-refractivity contribution in [3.05, 3.63) is 70.4 Å². The van der Waals surface area contributed by atoms with Gasteiger partial charge in [0.15, 0.2) is 0 Å². The van der Waals surface area contributed by atoms with Gasteiger partial charge in [-0.15, -0.1) is 0 Å². The molecule has 0 atom stereocenters. The lowest BCUT2D eigenvalue weighted by Gasteiger charge is -2.13. The number of anilines is 1. The van der Waals surface area contributed by atoms with Crippen LogP contribution < -0.4 is 5.32 Å². The zero-order valence-electron chi connectivity index (χ0n) is 14.5. The fourth-order valence-electron chi connectivity index (χ4n) is 2.65. The number of hydrogen-bond acceptors (Lipinski definition) is 4. The second-order valence-electron chi connectivity index (χ2n) is 6.07. The van der Waals surface area contributed by atoms with E-state index in [1.165, 1.54) is 0 Å². The number of nitrogens with zero attached hydrogens (tertiary/aromatic N) is 3. The summed E-state index contributed by atoms with van der Waals surface area (Å²) in [5.41, 5.74) is 3.56. The first kappa shape index (κ1) is 17.7. The van der Waals surface area contributed by atoms with E-state index in [1.54, 1.807) is 49.5 Å². The van der Waals surface area contributed by atoms with Crippen molar-refractivity contribution in [1.82, 2.24) is 9.88 Å². The lowest BCUT2D eigenvalue weighted by molar-refractivity contribution is 0.0827. The fraction of sp³-hybridized carbons (Fsp3) is 0.150. The largest absolute Gasteiger partial charge is 0.379 e. The molecule has 6 heteroatoms. The van der Waals surface area contributed by atoms with Crippen molar-refractivity contribution in [2.24, 2.45) is 0 Å². The quantitative estimate of drug-likeness (QED) is 0.757. The van der Waals surface area contributed by atoms with E-state index in [1.807, 2.05) is 18.2 Å². The van der Waals surface area contributed by atoms with Gasteiger partial charge in [0.25, 0.3) is 5.91 Å². The molecule has 0 radical (unpaired) electrons. The average Bonchev–Trinajstić information content (AvgIpc) is 2.65. The van der Waals surface area contributed by atoms with Gasteiger partial charge in [-0.2, -0.15) is 5.26 Å². The number of hydrogen-bond donors (Lipinski definition) is 1. The lowest BCUT2D eigenvalue weighted by Crippen LogP contribution is -2.21. The number of carbonyl (C=O) groups is 1. The Balaban J connectivity index is 1.87. The molecule has 0 unspecified atom stereocenters. The molecule has 26 heavy (non-hydrogen) atoms. The molecule has 0 spiro atoms. The van der Waals surface area contributed by atoms with Crippen molar-refractivity contribution in [3.63, 3.8) is 0 Å². The highest BCUT2D eigenvalue weighted by molar-refractivity contribution is 6.31. The van der Waals surface area contributed by atoms with Gasteiger partial charge in [0.2, 0.25) is 0 Å². The smallest absolute Gasteiger partial charge is 0.253 e. The van der Waals surface area contributed by atoms with Gasteiger partial charge in [0.1, 0.15) is 6.07 Å². The first-order chi connectivity index (χ1) is 12.5. The molecule has 1 N–H and O–H groups in total. The Morgan fingerprint density at radius 2 is 1.96 bits per heavy atom. The van der Waals surface area contributed by atoms with Gasteiger partial charge in [-0.1, -0.05) is 23.7 Å². The number of fused-ring (bicyclic) bond motifs is 1. The Hall–Kier alpha value is -3.10. The van der Waals surface area contributed by atoms with Crippen LogP contribution in [0, 0.1) is 11.3 Å². The van der Waals surface area contributed by atoms with E-state index in [0.29, 0.717) is 28.4 Å². The van der Waals surface area contributed by atoms with E-state index in [9.17, 15) is 10.1 Å². The highest BCUT2D eigenvalue weighted by Crippen LogP contribution is 2.28. The molecule has 1 heterocycles. The minimum atomic E-state index is -0.0361. The number of halogens is 1. The summed E-state index contributed by atoms with van der Waals surface area (Å²) in [6.07, 6.45) is 1.55. The van der Waals surface area contributed by atoms with E-state index in [2.05, 4.69) is 16.4 Å². The molecule has 0 fully saturated rings. The predicted octanol–water partition coefficient (Wildman–Crippen LogP) is 4.07. The number of pyridine rings is 1. The molecule has 0 saturated heterocycles. The first-order valence-electron chi connectivity index (χ1n) is 8.02. The molecule has 130 valence electrons. The molecule has 3 rings (SSSR count). The lowest BCUT2D eigenvalue weighted by atomic mass is 10.1. The molecule has 5 nitrogen and oxygen atoms in total. The summed E-state index contributed by atoms with van der Waals surface area (Å²) in [5, 5.41) is 14.1. The highest BCUT2D eigenvalue weighted by atomic mass is 35.5. The summed E-state index contributed by atoms with van der Waals surface area (Å²) in [6.45, 7) is 0.511. The van der Waals surface area contributed by atoms with Crippen LogP contribution >= 0.6 is 11.6 Å². The van der Waals surface area contributed by atoms with Gasteiger partial charge >= 0.3 is 0 Å². The number of nitrogens with one attached hydrogen (secondary N) is 1. The number of aromatic nitrogens is 1. The van der Waals surface area contributed by atoms with Crippen LogP contribution in [0.2, 0.25) is 5.02 Å². The topological polar surface area (TPSA) is 69.0 Å². The van der Waals surface area contributed by atoms with E-state index >= 15 is 0 Å². The third-order valence-corrected chi connectivity index (χ3v) is 4.26. The van der Waals surface area contributed by atoms with Crippen LogP contribution in [0.3, 0.4) is 0 Å². The monoisotopic (exact) mass is 364 g/mol. The third kappa shape index (κ3) is 3.61. The van der Waals surface area contributed by atoms with Crippen molar-refractivity contribution in [2.45, 2.75) is 6.54 Å². The van der Waals surface area contributed by atoms with Crippen LogP contribution in [-0.4, -0.2) is 29.9 Å². The highest BCUT2D eigenvalue weighted by Gasteiger charge is 2.10. The van der Waals surface area contributed by atoms with E-state index < -0.39 is 0 Å².